The molecule has 2 aliphatic rings. The van der Waals surface area contributed by atoms with Crippen molar-refractivity contribution < 1.29 is 24.2 Å². The quantitative estimate of drug-likeness (QED) is 0.253. The van der Waals surface area contributed by atoms with E-state index in [0.717, 1.165) is 39.4 Å². The summed E-state index contributed by atoms with van der Waals surface area (Å²) in [6.45, 7) is 4.09. The summed E-state index contributed by atoms with van der Waals surface area (Å²) in [5, 5.41) is 13.1. The van der Waals surface area contributed by atoms with Crippen LogP contribution in [0.3, 0.4) is 0 Å². The molecule has 5 rings (SSSR count). The number of nitrogens with zero attached hydrogens (tertiary/aromatic N) is 2. The molecule has 0 radical (unpaired) electrons. The first kappa shape index (κ1) is 23.4. The number of nitrogens with one attached hydrogen (secondary N) is 1. The summed E-state index contributed by atoms with van der Waals surface area (Å²) >= 11 is 1.68. The van der Waals surface area contributed by atoms with Crippen LogP contribution in [0.2, 0.25) is 0 Å². The predicted molar refractivity (Wildman–Crippen MR) is 132 cm³/mol. The number of aromatic amines is 1. The molecule has 4 atom stereocenters. The van der Waals surface area contributed by atoms with Crippen molar-refractivity contribution in [2.24, 2.45) is 11.8 Å². The molecule has 9 heteroatoms. The third kappa shape index (κ3) is 4.19. The molecular formula is C26H27N3O5S. The van der Waals surface area contributed by atoms with E-state index in [0.29, 0.717) is 6.47 Å². The Bertz CT molecular complexity index is 1270. The number of carbonyl (C=O) groups excluding carboxylic acids is 2. The topological polar surface area (TPSA) is 105 Å². The fourth-order valence-electron chi connectivity index (χ4n) is 5.15. The van der Waals surface area contributed by atoms with Gasteiger partial charge in [-0.1, -0.05) is 49.0 Å². The van der Waals surface area contributed by atoms with Gasteiger partial charge in [0.05, 0.1) is 18.1 Å². The number of aliphatic hydroxyl groups is 1. The third-order valence-electron chi connectivity index (χ3n) is 6.86. The van der Waals surface area contributed by atoms with Crippen LogP contribution >= 0.6 is 11.8 Å². The number of H-pyrrole nitrogens is 1. The van der Waals surface area contributed by atoms with E-state index in [1.165, 1.54) is 10.5 Å². The maximum absolute atomic E-state index is 12.6. The zero-order valence-electron chi connectivity index (χ0n) is 19.5. The molecule has 2 aromatic carbocycles. The standard InChI is InChI=1S/C26H27N3O5S/c1-15-20(25(34-14-30)29-23(15)22(16(2)31)24(29)32)13-33-21-8-4-6-18-17(5-3-7-19(18)21)9-12-35-26-27-10-11-28-26/h3-8,10-11,14-16,22-23,31H,9,12-13H2,1-2H3,(H,27,28)/t15-,16+,22+,23+/m0/s1. The molecule has 1 saturated heterocycles. The van der Waals surface area contributed by atoms with Crippen LogP contribution in [0, 0.1) is 11.8 Å². The number of imidazole rings is 1. The number of benzene rings is 2. The number of amides is 1. The zero-order chi connectivity index (χ0) is 24.5. The largest absolute Gasteiger partial charge is 0.488 e. The molecule has 1 fully saturated rings. The van der Waals surface area contributed by atoms with E-state index in [1.807, 2.05) is 37.4 Å². The van der Waals surface area contributed by atoms with E-state index in [9.17, 15) is 14.7 Å². The number of β-lactam (4-membered cyclic amide) rings is 1. The molecule has 182 valence electrons. The van der Waals surface area contributed by atoms with Gasteiger partial charge < -0.3 is 19.6 Å². The van der Waals surface area contributed by atoms with Gasteiger partial charge in [0, 0.05) is 35.0 Å². The van der Waals surface area contributed by atoms with Gasteiger partial charge >= 0.3 is 0 Å². The third-order valence-corrected chi connectivity index (χ3v) is 7.77. The lowest BCUT2D eigenvalue weighted by Gasteiger charge is -2.46. The summed E-state index contributed by atoms with van der Waals surface area (Å²) in [6.07, 6.45) is 3.68. The predicted octanol–water partition coefficient (Wildman–Crippen LogP) is 3.52. The minimum atomic E-state index is -0.772. The van der Waals surface area contributed by atoms with Crippen molar-refractivity contribution >= 4 is 34.9 Å². The second-order valence-corrected chi connectivity index (χ2v) is 9.93. The summed E-state index contributed by atoms with van der Waals surface area (Å²) in [5.41, 5.74) is 1.96. The van der Waals surface area contributed by atoms with Gasteiger partial charge in [0.15, 0.2) is 5.16 Å². The second kappa shape index (κ2) is 9.75. The SMILES string of the molecule is C[C@@H](O)[C@H]1C(=O)N2C(OC=O)=C(COc3cccc4c(CCSc5ncc[nH]5)cccc34)[C@H](C)[C@H]12. The number of aryl methyl sites for hydroxylation is 1. The van der Waals surface area contributed by atoms with E-state index >= 15 is 0 Å². The van der Waals surface area contributed by atoms with Crippen molar-refractivity contribution in [3.05, 3.63) is 65.8 Å². The molecule has 0 bridgehead atoms. The number of rotatable bonds is 10. The highest BCUT2D eigenvalue weighted by Gasteiger charge is 2.59. The monoisotopic (exact) mass is 493 g/mol. The van der Waals surface area contributed by atoms with Gasteiger partial charge in [-0.3, -0.25) is 14.5 Å². The van der Waals surface area contributed by atoms with E-state index in [-0.39, 0.29) is 30.4 Å². The summed E-state index contributed by atoms with van der Waals surface area (Å²) in [5.74, 6) is 1.00. The smallest absolute Gasteiger partial charge is 0.299 e. The lowest BCUT2D eigenvalue weighted by Crippen LogP contribution is -2.63. The fourth-order valence-corrected chi connectivity index (χ4v) is 5.96. The summed E-state index contributed by atoms with van der Waals surface area (Å²) in [6, 6.07) is 11.9. The maximum atomic E-state index is 12.6. The van der Waals surface area contributed by atoms with Crippen LogP contribution in [0.15, 0.2) is 65.4 Å². The first-order chi connectivity index (χ1) is 17.0. The van der Waals surface area contributed by atoms with Crippen molar-refractivity contribution in [1.82, 2.24) is 14.9 Å². The van der Waals surface area contributed by atoms with Crippen LogP contribution in [0.1, 0.15) is 19.4 Å². The lowest BCUT2D eigenvalue weighted by atomic mass is 9.78. The number of carbonyl (C=O) groups is 2. The molecule has 1 amide bonds. The Morgan fingerprint density at radius 1 is 1.26 bits per heavy atom. The highest BCUT2D eigenvalue weighted by atomic mass is 32.2. The minimum Gasteiger partial charge on any atom is -0.488 e. The number of aromatic nitrogens is 2. The molecule has 3 aromatic rings. The van der Waals surface area contributed by atoms with Crippen molar-refractivity contribution in [3.63, 3.8) is 0 Å². The molecule has 8 nitrogen and oxygen atoms in total. The van der Waals surface area contributed by atoms with E-state index in [1.54, 1.807) is 24.9 Å². The van der Waals surface area contributed by atoms with Crippen LogP contribution in [-0.4, -0.2) is 56.9 Å². The molecule has 35 heavy (non-hydrogen) atoms. The molecular weight excluding hydrogens is 466 g/mol. The van der Waals surface area contributed by atoms with E-state index in [2.05, 4.69) is 22.1 Å². The Hall–Kier alpha value is -3.30. The van der Waals surface area contributed by atoms with E-state index in [4.69, 9.17) is 9.47 Å². The highest BCUT2D eigenvalue weighted by Crippen LogP contribution is 2.47. The average molecular weight is 494 g/mol. The Balaban J connectivity index is 1.35. The van der Waals surface area contributed by atoms with Gasteiger partial charge in [0.1, 0.15) is 12.4 Å². The van der Waals surface area contributed by atoms with Gasteiger partial charge in [0.2, 0.25) is 11.8 Å². The van der Waals surface area contributed by atoms with Crippen LogP contribution < -0.4 is 4.74 Å². The number of aliphatic hydroxyl groups excluding tert-OH is 1. The first-order valence-corrected chi connectivity index (χ1v) is 12.6. The number of fused-ring (bicyclic) bond motifs is 2. The molecule has 3 heterocycles. The Morgan fingerprint density at radius 3 is 2.80 bits per heavy atom. The van der Waals surface area contributed by atoms with Gasteiger partial charge in [-0.25, -0.2) is 4.98 Å². The van der Waals surface area contributed by atoms with Gasteiger partial charge in [0.25, 0.3) is 6.47 Å². The number of ether oxygens (including phenoxy) is 2. The van der Waals surface area contributed by atoms with Crippen LogP contribution in [0.5, 0.6) is 5.75 Å². The fraction of sp³-hybridized carbons (Fsp3) is 0.346. The Labute approximate surface area is 207 Å². The summed E-state index contributed by atoms with van der Waals surface area (Å²) in [7, 11) is 0. The molecule has 1 aromatic heterocycles. The molecule has 0 unspecified atom stereocenters. The Morgan fingerprint density at radius 2 is 2.06 bits per heavy atom. The second-order valence-electron chi connectivity index (χ2n) is 8.85. The number of hydrogen-bond acceptors (Lipinski definition) is 7. The van der Waals surface area contributed by atoms with Gasteiger partial charge in [-0.05, 0) is 30.4 Å². The summed E-state index contributed by atoms with van der Waals surface area (Å²) in [4.78, 5) is 32.6. The van der Waals surface area contributed by atoms with Crippen LogP contribution in [0.25, 0.3) is 10.8 Å². The highest BCUT2D eigenvalue weighted by molar-refractivity contribution is 7.99. The molecule has 0 spiro atoms. The first-order valence-electron chi connectivity index (χ1n) is 11.6. The number of hydrogen-bond donors (Lipinski definition) is 2. The maximum Gasteiger partial charge on any atom is 0.299 e. The van der Waals surface area contributed by atoms with Crippen molar-refractivity contribution in [2.45, 2.75) is 37.6 Å². The Kier molecular flexibility index (Phi) is 6.53. The van der Waals surface area contributed by atoms with Gasteiger partial charge in [-0.15, -0.1) is 0 Å². The minimum absolute atomic E-state index is 0.105. The average Bonchev–Trinajstić information content (AvgIpc) is 3.43. The molecule has 0 aliphatic carbocycles. The normalized spacial score (nSPS) is 22.2. The summed E-state index contributed by atoms with van der Waals surface area (Å²) < 4.78 is 11.5. The van der Waals surface area contributed by atoms with Crippen molar-refractivity contribution in [1.29, 1.82) is 0 Å². The van der Waals surface area contributed by atoms with Crippen molar-refractivity contribution in [2.75, 3.05) is 12.4 Å². The molecule has 0 saturated carbocycles. The zero-order valence-corrected chi connectivity index (χ0v) is 20.3. The molecule has 2 aliphatic heterocycles. The lowest BCUT2D eigenvalue weighted by molar-refractivity contribution is -0.164. The van der Waals surface area contributed by atoms with Gasteiger partial charge in [-0.2, -0.15) is 0 Å². The van der Waals surface area contributed by atoms with Crippen LogP contribution in [0.4, 0.5) is 0 Å². The van der Waals surface area contributed by atoms with E-state index < -0.39 is 12.0 Å². The van der Waals surface area contributed by atoms with Crippen LogP contribution in [-0.2, 0) is 20.7 Å². The number of thioether (sulfide) groups is 1. The van der Waals surface area contributed by atoms with Crippen molar-refractivity contribution in [3.8, 4) is 5.75 Å². The molecule has 2 N–H and O–H groups in total.